The van der Waals surface area contributed by atoms with Crippen molar-refractivity contribution in [2.24, 2.45) is 0 Å². The molecule has 236 valence electrons. The third kappa shape index (κ3) is 5.77. The second kappa shape index (κ2) is 13.0. The zero-order valence-corrected chi connectivity index (χ0v) is 28.2. The van der Waals surface area contributed by atoms with Crippen molar-refractivity contribution in [3.8, 4) is 43.8 Å². The molecule has 0 radical (unpaired) electrons. The summed E-state index contributed by atoms with van der Waals surface area (Å²) in [5.41, 5.74) is 11.8. The number of anilines is 3. The van der Waals surface area contributed by atoms with Gasteiger partial charge in [-0.2, -0.15) is 0 Å². The molecular weight excluding hydrogens is 623 g/mol. The van der Waals surface area contributed by atoms with Crippen molar-refractivity contribution in [2.45, 2.75) is 0 Å². The van der Waals surface area contributed by atoms with Gasteiger partial charge in [0, 0.05) is 32.0 Å². The van der Waals surface area contributed by atoms with Crippen LogP contribution < -0.4 is 4.90 Å². The summed E-state index contributed by atoms with van der Waals surface area (Å²) in [5, 5.41) is 3.93. The van der Waals surface area contributed by atoms with Gasteiger partial charge in [-0.1, -0.05) is 152 Å². The zero-order valence-electron chi connectivity index (χ0n) is 27.4. The van der Waals surface area contributed by atoms with Gasteiger partial charge in [-0.05, 0) is 98.2 Å². The third-order valence-corrected chi connectivity index (χ3v) is 10.7. The zero-order chi connectivity index (χ0) is 33.3. The van der Waals surface area contributed by atoms with Crippen LogP contribution in [0.3, 0.4) is 0 Å². The minimum Gasteiger partial charge on any atom is -0.311 e. The number of thiophene rings is 1. The summed E-state index contributed by atoms with van der Waals surface area (Å²) in [6.07, 6.45) is 0. The molecule has 0 aliphatic heterocycles. The van der Waals surface area contributed by atoms with Crippen LogP contribution in [0.2, 0.25) is 0 Å². The highest BCUT2D eigenvalue weighted by atomic mass is 32.1. The smallest absolute Gasteiger partial charge is 0.0462 e. The first-order valence-corrected chi connectivity index (χ1v) is 17.8. The molecule has 0 bridgehead atoms. The van der Waals surface area contributed by atoms with E-state index in [1.54, 1.807) is 0 Å². The minimum absolute atomic E-state index is 1.11. The van der Waals surface area contributed by atoms with Gasteiger partial charge in [-0.25, -0.2) is 0 Å². The Morgan fingerprint density at radius 3 is 1.20 bits per heavy atom. The molecule has 2 heteroatoms. The molecule has 1 nitrogen and oxygen atoms in total. The number of hydrogen-bond acceptors (Lipinski definition) is 2. The van der Waals surface area contributed by atoms with Crippen LogP contribution in [0.15, 0.2) is 200 Å². The van der Waals surface area contributed by atoms with Crippen molar-refractivity contribution in [3.63, 3.8) is 0 Å². The molecule has 9 aromatic rings. The maximum absolute atomic E-state index is 2.35. The topological polar surface area (TPSA) is 3.24 Å². The fourth-order valence-corrected chi connectivity index (χ4v) is 7.96. The van der Waals surface area contributed by atoms with Crippen molar-refractivity contribution in [2.75, 3.05) is 4.90 Å². The molecule has 0 spiro atoms. The lowest BCUT2D eigenvalue weighted by Crippen LogP contribution is -2.09. The monoisotopic (exact) mass is 655 g/mol. The number of hydrogen-bond donors (Lipinski definition) is 0. The molecule has 0 saturated heterocycles. The highest BCUT2D eigenvalue weighted by Gasteiger charge is 2.14. The van der Waals surface area contributed by atoms with Gasteiger partial charge in [0.1, 0.15) is 0 Å². The van der Waals surface area contributed by atoms with E-state index in [-0.39, 0.29) is 0 Å². The Morgan fingerprint density at radius 2 is 0.700 bits per heavy atom. The van der Waals surface area contributed by atoms with Crippen LogP contribution in [-0.4, -0.2) is 0 Å². The lowest BCUT2D eigenvalue weighted by Gasteiger charge is -2.26. The summed E-state index contributed by atoms with van der Waals surface area (Å²) in [4.78, 5) is 3.63. The van der Waals surface area contributed by atoms with E-state index < -0.39 is 0 Å². The average Bonchev–Trinajstić information content (AvgIpc) is 3.65. The van der Waals surface area contributed by atoms with Gasteiger partial charge in [0.25, 0.3) is 0 Å². The summed E-state index contributed by atoms with van der Waals surface area (Å²) >= 11 is 1.86. The number of rotatable bonds is 7. The van der Waals surface area contributed by atoms with Crippen LogP contribution in [0.4, 0.5) is 17.1 Å². The highest BCUT2D eigenvalue weighted by Crippen LogP contribution is 2.40. The molecular formula is C48H33NS. The largest absolute Gasteiger partial charge is 0.311 e. The normalized spacial score (nSPS) is 11.2. The van der Waals surface area contributed by atoms with Crippen molar-refractivity contribution < 1.29 is 0 Å². The van der Waals surface area contributed by atoms with Crippen molar-refractivity contribution in [1.29, 1.82) is 0 Å². The van der Waals surface area contributed by atoms with Crippen LogP contribution in [0, 0.1) is 0 Å². The predicted molar refractivity (Wildman–Crippen MR) is 216 cm³/mol. The highest BCUT2D eigenvalue weighted by molar-refractivity contribution is 7.22. The van der Waals surface area contributed by atoms with Gasteiger partial charge >= 0.3 is 0 Å². The molecule has 0 atom stereocenters. The molecule has 8 aromatic carbocycles. The van der Waals surface area contributed by atoms with Crippen molar-refractivity contribution in [1.82, 2.24) is 0 Å². The first kappa shape index (κ1) is 29.9. The standard InChI is InChI=1S/C48H33NS/c1-3-9-34(10-4-1)37-19-26-42(27-20-37)49(43-28-21-38(22-29-43)35-11-5-2-6-12-35)44-30-23-39(24-31-44)36-15-17-41(18-16-36)48-33-46-45-14-8-7-13-40(45)25-32-47(46)50-48/h1-33H. The quantitative estimate of drug-likeness (QED) is 0.165. The lowest BCUT2D eigenvalue weighted by atomic mass is 10.0. The Bertz CT molecular complexity index is 2450. The fourth-order valence-electron chi connectivity index (χ4n) is 6.88. The molecule has 0 saturated carbocycles. The lowest BCUT2D eigenvalue weighted by molar-refractivity contribution is 1.28. The molecule has 0 N–H and O–H groups in total. The van der Waals surface area contributed by atoms with Gasteiger partial charge in [-0.3, -0.25) is 0 Å². The SMILES string of the molecule is c1ccc(-c2ccc(N(c3ccc(-c4ccccc4)cc3)c3ccc(-c4ccc(-c5cc6c(ccc7ccccc76)s5)cc4)cc3)cc2)cc1. The minimum atomic E-state index is 1.11. The van der Waals surface area contributed by atoms with Gasteiger partial charge in [0.15, 0.2) is 0 Å². The fraction of sp³-hybridized carbons (Fsp3) is 0. The molecule has 0 fully saturated rings. The molecule has 0 unspecified atom stereocenters. The molecule has 0 amide bonds. The second-order valence-corrected chi connectivity index (χ2v) is 13.7. The summed E-state index contributed by atoms with van der Waals surface area (Å²) in [7, 11) is 0. The summed E-state index contributed by atoms with van der Waals surface area (Å²) in [6, 6.07) is 72.2. The first-order valence-electron chi connectivity index (χ1n) is 17.0. The van der Waals surface area contributed by atoms with Crippen LogP contribution in [0.25, 0.3) is 64.7 Å². The van der Waals surface area contributed by atoms with Crippen LogP contribution >= 0.6 is 11.3 Å². The summed E-state index contributed by atoms with van der Waals surface area (Å²) < 4.78 is 1.33. The molecule has 1 heterocycles. The van der Waals surface area contributed by atoms with Crippen LogP contribution in [0.5, 0.6) is 0 Å². The Hall–Kier alpha value is -6.22. The van der Waals surface area contributed by atoms with E-state index in [4.69, 9.17) is 0 Å². The first-order chi connectivity index (χ1) is 24.8. The van der Waals surface area contributed by atoms with E-state index in [0.29, 0.717) is 0 Å². The molecule has 0 aliphatic carbocycles. The van der Waals surface area contributed by atoms with Gasteiger partial charge in [0.2, 0.25) is 0 Å². The predicted octanol–water partition coefficient (Wildman–Crippen LogP) is 14.2. The van der Waals surface area contributed by atoms with Gasteiger partial charge < -0.3 is 4.90 Å². The Kier molecular flexibility index (Phi) is 7.77. The maximum atomic E-state index is 2.35. The van der Waals surface area contributed by atoms with E-state index in [2.05, 4.69) is 205 Å². The Labute approximate surface area is 297 Å². The summed E-state index contributed by atoms with van der Waals surface area (Å²) in [6.45, 7) is 0. The van der Waals surface area contributed by atoms with E-state index >= 15 is 0 Å². The third-order valence-electron chi connectivity index (χ3n) is 9.52. The Morgan fingerprint density at radius 1 is 0.300 bits per heavy atom. The van der Waals surface area contributed by atoms with Gasteiger partial charge in [0.05, 0.1) is 0 Å². The van der Waals surface area contributed by atoms with E-state index in [0.717, 1.165) is 17.1 Å². The molecule has 9 rings (SSSR count). The average molecular weight is 656 g/mol. The molecule has 1 aromatic heterocycles. The number of fused-ring (bicyclic) bond motifs is 3. The summed E-state index contributed by atoms with van der Waals surface area (Å²) in [5.74, 6) is 0. The Balaban J connectivity index is 1.02. The van der Waals surface area contributed by atoms with Crippen molar-refractivity contribution in [3.05, 3.63) is 200 Å². The van der Waals surface area contributed by atoms with Crippen LogP contribution in [0.1, 0.15) is 0 Å². The molecule has 0 aliphatic rings. The maximum Gasteiger partial charge on any atom is 0.0462 e. The van der Waals surface area contributed by atoms with Crippen LogP contribution in [-0.2, 0) is 0 Å². The van der Waals surface area contributed by atoms with E-state index in [1.165, 1.54) is 64.7 Å². The van der Waals surface area contributed by atoms with Gasteiger partial charge in [-0.15, -0.1) is 11.3 Å². The molecule has 50 heavy (non-hydrogen) atoms. The second-order valence-electron chi connectivity index (χ2n) is 12.6. The number of nitrogens with zero attached hydrogens (tertiary/aromatic N) is 1. The van der Waals surface area contributed by atoms with E-state index in [1.807, 2.05) is 11.3 Å². The number of benzene rings is 8. The van der Waals surface area contributed by atoms with Crippen molar-refractivity contribution >= 4 is 49.3 Å². The van der Waals surface area contributed by atoms with E-state index in [9.17, 15) is 0 Å².